The minimum Gasteiger partial charge on any atom is -0.380 e. The van der Waals surface area contributed by atoms with Crippen LogP contribution in [0.4, 0.5) is 5.69 Å². The van der Waals surface area contributed by atoms with Gasteiger partial charge in [-0.25, -0.2) is 9.97 Å². The molecule has 0 aliphatic carbocycles. The zero-order valence-corrected chi connectivity index (χ0v) is 13.6. The summed E-state index contributed by atoms with van der Waals surface area (Å²) in [4.78, 5) is 9.03. The van der Waals surface area contributed by atoms with Gasteiger partial charge in [0.2, 0.25) is 0 Å². The molecule has 0 aliphatic rings. The maximum atomic E-state index is 6.06. The van der Waals surface area contributed by atoms with E-state index in [1.54, 1.807) is 17.1 Å². The summed E-state index contributed by atoms with van der Waals surface area (Å²) < 4.78 is 2.27. The van der Waals surface area contributed by atoms with E-state index in [4.69, 9.17) is 34.8 Å². The van der Waals surface area contributed by atoms with E-state index < -0.39 is 0 Å². The zero-order valence-electron chi connectivity index (χ0n) is 10.6. The van der Waals surface area contributed by atoms with Crippen molar-refractivity contribution in [1.29, 1.82) is 0 Å². The lowest BCUT2D eigenvalue weighted by molar-refractivity contribution is 1.06. The zero-order chi connectivity index (χ0) is 14.8. The summed E-state index contributed by atoms with van der Waals surface area (Å²) in [7, 11) is 0. The van der Waals surface area contributed by atoms with Crippen molar-refractivity contribution in [2.75, 3.05) is 5.32 Å². The fourth-order valence-electron chi connectivity index (χ4n) is 1.79. The molecule has 108 valence electrons. The van der Waals surface area contributed by atoms with Crippen LogP contribution in [0.25, 0.3) is 5.69 Å². The number of nitrogens with zero attached hydrogens (tertiary/aromatic N) is 3. The molecule has 0 spiro atoms. The Morgan fingerprint density at radius 1 is 1.10 bits per heavy atom. The summed E-state index contributed by atoms with van der Waals surface area (Å²) in [6.45, 7) is 0.682. The fourth-order valence-corrected chi connectivity index (χ4v) is 3.03. The smallest absolute Gasteiger partial charge is 0.183 e. The molecule has 21 heavy (non-hydrogen) atoms. The number of thiazole rings is 1. The lowest BCUT2D eigenvalue weighted by Crippen LogP contribution is -1.98. The van der Waals surface area contributed by atoms with E-state index in [0.29, 0.717) is 21.3 Å². The standard InChI is InChI=1S/C13H9Cl3N4S/c14-11-12(15)20(7-19-11)9-3-1-8(2-4-9)17-5-10-6-18-13(16)21-10/h1-4,6-7,17H,5H2. The topological polar surface area (TPSA) is 42.7 Å². The van der Waals surface area contributed by atoms with E-state index in [9.17, 15) is 0 Å². The normalized spacial score (nSPS) is 10.8. The molecule has 0 bridgehead atoms. The predicted octanol–water partition coefficient (Wildman–Crippen LogP) is 4.90. The number of rotatable bonds is 4. The summed E-state index contributed by atoms with van der Waals surface area (Å²) in [6, 6.07) is 7.79. The lowest BCUT2D eigenvalue weighted by atomic mass is 10.2. The number of halogens is 3. The van der Waals surface area contributed by atoms with Crippen LogP contribution in [-0.4, -0.2) is 14.5 Å². The van der Waals surface area contributed by atoms with Crippen LogP contribution in [0.5, 0.6) is 0 Å². The van der Waals surface area contributed by atoms with E-state index >= 15 is 0 Å². The van der Waals surface area contributed by atoms with Crippen molar-refractivity contribution < 1.29 is 0 Å². The van der Waals surface area contributed by atoms with E-state index in [0.717, 1.165) is 16.3 Å². The average molecular weight is 360 g/mol. The molecule has 0 saturated carbocycles. The molecule has 0 amide bonds. The first-order valence-electron chi connectivity index (χ1n) is 5.96. The summed E-state index contributed by atoms with van der Waals surface area (Å²) in [6.07, 6.45) is 3.36. The van der Waals surface area contributed by atoms with Crippen LogP contribution in [0.3, 0.4) is 0 Å². The van der Waals surface area contributed by atoms with Gasteiger partial charge in [-0.2, -0.15) is 0 Å². The number of benzene rings is 1. The molecule has 2 heterocycles. The maximum absolute atomic E-state index is 6.06. The number of aromatic nitrogens is 3. The molecule has 2 aromatic heterocycles. The Kier molecular flexibility index (Phi) is 4.35. The lowest BCUT2D eigenvalue weighted by Gasteiger charge is -2.07. The molecule has 4 nitrogen and oxygen atoms in total. The largest absolute Gasteiger partial charge is 0.380 e. The van der Waals surface area contributed by atoms with E-state index in [1.165, 1.54) is 11.3 Å². The van der Waals surface area contributed by atoms with Gasteiger partial charge in [0, 0.05) is 22.4 Å². The average Bonchev–Trinajstić information content (AvgIpc) is 3.05. The number of nitrogens with one attached hydrogen (secondary N) is 1. The van der Waals surface area contributed by atoms with Crippen molar-refractivity contribution in [3.63, 3.8) is 0 Å². The minimum absolute atomic E-state index is 0.293. The van der Waals surface area contributed by atoms with Crippen LogP contribution in [0.2, 0.25) is 14.8 Å². The predicted molar refractivity (Wildman–Crippen MR) is 88.0 cm³/mol. The second kappa shape index (κ2) is 6.23. The van der Waals surface area contributed by atoms with Gasteiger partial charge in [-0.1, -0.05) is 34.8 Å². The molecular formula is C13H9Cl3N4S. The molecule has 8 heteroatoms. The van der Waals surface area contributed by atoms with Gasteiger partial charge in [0.1, 0.15) is 6.33 Å². The van der Waals surface area contributed by atoms with Gasteiger partial charge in [-0.15, -0.1) is 11.3 Å². The first-order chi connectivity index (χ1) is 10.1. The molecule has 0 saturated heterocycles. The highest BCUT2D eigenvalue weighted by atomic mass is 35.5. The molecule has 0 atom stereocenters. The molecular weight excluding hydrogens is 351 g/mol. The third-order valence-corrected chi connectivity index (χ3v) is 4.66. The fraction of sp³-hybridized carbons (Fsp3) is 0.0769. The van der Waals surface area contributed by atoms with Crippen LogP contribution in [0, 0.1) is 0 Å². The Bertz CT molecular complexity index is 751. The highest BCUT2D eigenvalue weighted by Crippen LogP contribution is 2.25. The van der Waals surface area contributed by atoms with Crippen molar-refractivity contribution >= 4 is 51.8 Å². The van der Waals surface area contributed by atoms with Crippen LogP contribution >= 0.6 is 46.1 Å². The summed E-state index contributed by atoms with van der Waals surface area (Å²) in [5.41, 5.74) is 1.89. The molecule has 0 aliphatic heterocycles. The van der Waals surface area contributed by atoms with Crippen molar-refractivity contribution in [2.24, 2.45) is 0 Å². The Labute approximate surface area is 140 Å². The van der Waals surface area contributed by atoms with Crippen LogP contribution in [0.15, 0.2) is 36.8 Å². The van der Waals surface area contributed by atoms with Gasteiger partial charge in [-0.3, -0.25) is 4.57 Å². The number of hydrogen-bond acceptors (Lipinski definition) is 4. The first kappa shape index (κ1) is 14.7. The number of hydrogen-bond donors (Lipinski definition) is 1. The first-order valence-corrected chi connectivity index (χ1v) is 7.91. The molecule has 3 rings (SSSR count). The monoisotopic (exact) mass is 358 g/mol. The van der Waals surface area contributed by atoms with Crippen LogP contribution < -0.4 is 5.32 Å². The highest BCUT2D eigenvalue weighted by Gasteiger charge is 2.07. The Balaban J connectivity index is 1.71. The van der Waals surface area contributed by atoms with Crippen molar-refractivity contribution in [3.05, 3.63) is 56.4 Å². The summed E-state index contributed by atoms with van der Waals surface area (Å²) >= 11 is 19.2. The van der Waals surface area contributed by atoms with Crippen molar-refractivity contribution in [2.45, 2.75) is 6.54 Å². The molecule has 1 N–H and O–H groups in total. The van der Waals surface area contributed by atoms with Crippen molar-refractivity contribution in [1.82, 2.24) is 14.5 Å². The third kappa shape index (κ3) is 3.32. The summed E-state index contributed by atoms with van der Waals surface area (Å²) in [5, 5.41) is 3.99. The van der Waals surface area contributed by atoms with E-state index in [1.807, 2.05) is 24.3 Å². The molecule has 0 fully saturated rings. The quantitative estimate of drug-likeness (QED) is 0.720. The Morgan fingerprint density at radius 3 is 2.43 bits per heavy atom. The van der Waals surface area contributed by atoms with Crippen LogP contribution in [0.1, 0.15) is 4.88 Å². The van der Waals surface area contributed by atoms with E-state index in [-0.39, 0.29) is 0 Å². The minimum atomic E-state index is 0.293. The number of imidazole rings is 1. The Morgan fingerprint density at radius 2 is 1.86 bits per heavy atom. The molecule has 3 aromatic rings. The van der Waals surface area contributed by atoms with Gasteiger partial charge in [-0.05, 0) is 24.3 Å². The second-order valence-corrected chi connectivity index (χ2v) is 6.59. The second-order valence-electron chi connectivity index (χ2n) is 4.18. The van der Waals surface area contributed by atoms with Gasteiger partial charge in [0.25, 0.3) is 0 Å². The van der Waals surface area contributed by atoms with Crippen molar-refractivity contribution in [3.8, 4) is 5.69 Å². The van der Waals surface area contributed by atoms with E-state index in [2.05, 4.69) is 15.3 Å². The maximum Gasteiger partial charge on any atom is 0.183 e. The molecule has 0 unspecified atom stereocenters. The SMILES string of the molecule is Clc1ncc(CNc2ccc(-n3cnc(Cl)c3Cl)cc2)s1. The third-order valence-electron chi connectivity index (χ3n) is 2.81. The van der Waals surface area contributed by atoms with Crippen LogP contribution in [-0.2, 0) is 6.54 Å². The van der Waals surface area contributed by atoms with Gasteiger partial charge < -0.3 is 5.32 Å². The summed E-state index contributed by atoms with van der Waals surface area (Å²) in [5.74, 6) is 0. The van der Waals surface area contributed by atoms with Gasteiger partial charge in [0.05, 0.1) is 6.54 Å². The van der Waals surface area contributed by atoms with Gasteiger partial charge >= 0.3 is 0 Å². The molecule has 1 aromatic carbocycles. The number of anilines is 1. The molecule has 0 radical (unpaired) electrons. The highest BCUT2D eigenvalue weighted by molar-refractivity contribution is 7.15. The van der Waals surface area contributed by atoms with Gasteiger partial charge in [0.15, 0.2) is 14.8 Å². The Hall–Kier alpha value is -1.27.